The normalized spacial score (nSPS) is 11.8. The number of carbonyl (C=O) groups excluding carboxylic acids is 1. The summed E-state index contributed by atoms with van der Waals surface area (Å²) in [5, 5.41) is 2.90. The fourth-order valence-corrected chi connectivity index (χ4v) is 2.36. The van der Waals surface area contributed by atoms with Gasteiger partial charge in [0, 0.05) is 10.2 Å². The fraction of sp³-hybridized carbons (Fsp3) is 0.235. The molecule has 1 atom stereocenters. The van der Waals surface area contributed by atoms with Gasteiger partial charge in [-0.15, -0.1) is 0 Å². The first-order valence-electron chi connectivity index (χ1n) is 6.76. The van der Waals surface area contributed by atoms with E-state index in [1.165, 1.54) is 5.56 Å². The number of aryl methyl sites for hydroxylation is 2. The summed E-state index contributed by atoms with van der Waals surface area (Å²) in [6, 6.07) is 13.4. The lowest BCUT2D eigenvalue weighted by molar-refractivity contribution is -0.122. The SMILES string of the molecule is Cc1ccc(NC(=O)C(C)Oc2cccc(Br)c2)c(C)c1. The van der Waals surface area contributed by atoms with Crippen LogP contribution >= 0.6 is 15.9 Å². The third-order valence-corrected chi connectivity index (χ3v) is 3.61. The highest BCUT2D eigenvalue weighted by atomic mass is 79.9. The van der Waals surface area contributed by atoms with Crippen LogP contribution in [-0.4, -0.2) is 12.0 Å². The van der Waals surface area contributed by atoms with Crippen molar-refractivity contribution in [1.29, 1.82) is 0 Å². The Hall–Kier alpha value is -1.81. The van der Waals surface area contributed by atoms with Crippen LogP contribution < -0.4 is 10.1 Å². The third kappa shape index (κ3) is 4.33. The Bertz CT molecular complexity index is 655. The maximum Gasteiger partial charge on any atom is 0.265 e. The maximum atomic E-state index is 12.2. The summed E-state index contributed by atoms with van der Waals surface area (Å²) in [5.74, 6) is 0.495. The first-order valence-corrected chi connectivity index (χ1v) is 7.55. The number of hydrogen-bond acceptors (Lipinski definition) is 2. The van der Waals surface area contributed by atoms with E-state index in [2.05, 4.69) is 21.2 Å². The van der Waals surface area contributed by atoms with Crippen molar-refractivity contribution in [2.75, 3.05) is 5.32 Å². The zero-order chi connectivity index (χ0) is 15.4. The lowest BCUT2D eigenvalue weighted by Crippen LogP contribution is -2.30. The topological polar surface area (TPSA) is 38.3 Å². The summed E-state index contributed by atoms with van der Waals surface area (Å²) in [6.07, 6.45) is -0.569. The number of halogens is 1. The van der Waals surface area contributed by atoms with Gasteiger partial charge in [0.05, 0.1) is 0 Å². The minimum absolute atomic E-state index is 0.165. The van der Waals surface area contributed by atoms with Crippen LogP contribution in [0.15, 0.2) is 46.9 Å². The molecule has 0 saturated heterocycles. The van der Waals surface area contributed by atoms with Gasteiger partial charge >= 0.3 is 0 Å². The van der Waals surface area contributed by atoms with Crippen LogP contribution in [0.2, 0.25) is 0 Å². The fourth-order valence-electron chi connectivity index (χ4n) is 1.99. The van der Waals surface area contributed by atoms with Crippen molar-refractivity contribution in [3.63, 3.8) is 0 Å². The molecular formula is C17H18BrNO2. The second kappa shape index (κ2) is 6.76. The van der Waals surface area contributed by atoms with Crippen molar-refractivity contribution in [3.8, 4) is 5.75 Å². The van der Waals surface area contributed by atoms with Gasteiger partial charge in [-0.25, -0.2) is 0 Å². The van der Waals surface area contributed by atoms with E-state index >= 15 is 0 Å². The van der Waals surface area contributed by atoms with Gasteiger partial charge in [0.25, 0.3) is 5.91 Å². The molecule has 0 aromatic heterocycles. The Kier molecular flexibility index (Phi) is 5.02. The lowest BCUT2D eigenvalue weighted by Gasteiger charge is -2.16. The van der Waals surface area contributed by atoms with Gasteiger partial charge in [-0.05, 0) is 50.6 Å². The standard InChI is InChI=1S/C17H18BrNO2/c1-11-7-8-16(12(2)9-11)19-17(20)13(3)21-15-6-4-5-14(18)10-15/h4-10,13H,1-3H3,(H,19,20). The lowest BCUT2D eigenvalue weighted by atomic mass is 10.1. The van der Waals surface area contributed by atoms with Crippen LogP contribution in [-0.2, 0) is 4.79 Å². The minimum atomic E-state index is -0.569. The molecule has 1 amide bonds. The number of nitrogens with one attached hydrogen (secondary N) is 1. The summed E-state index contributed by atoms with van der Waals surface area (Å²) in [6.45, 7) is 5.74. The van der Waals surface area contributed by atoms with Gasteiger partial charge in [-0.2, -0.15) is 0 Å². The number of hydrogen-bond donors (Lipinski definition) is 1. The van der Waals surface area contributed by atoms with E-state index < -0.39 is 6.10 Å². The Morgan fingerprint density at radius 2 is 1.95 bits per heavy atom. The second-order valence-corrected chi connectivity index (χ2v) is 5.94. The zero-order valence-corrected chi connectivity index (χ0v) is 13.9. The number of benzene rings is 2. The second-order valence-electron chi connectivity index (χ2n) is 5.03. The average Bonchev–Trinajstić information content (AvgIpc) is 2.41. The molecular weight excluding hydrogens is 330 g/mol. The molecule has 0 aliphatic rings. The monoisotopic (exact) mass is 347 g/mol. The van der Waals surface area contributed by atoms with Crippen LogP contribution in [0.5, 0.6) is 5.75 Å². The van der Waals surface area contributed by atoms with Crippen LogP contribution in [0.25, 0.3) is 0 Å². The molecule has 0 fully saturated rings. The third-order valence-electron chi connectivity index (χ3n) is 3.12. The van der Waals surface area contributed by atoms with E-state index in [0.717, 1.165) is 15.7 Å². The number of ether oxygens (including phenoxy) is 1. The Balaban J connectivity index is 2.02. The predicted molar refractivity (Wildman–Crippen MR) is 88.8 cm³/mol. The molecule has 1 N–H and O–H groups in total. The highest BCUT2D eigenvalue weighted by Crippen LogP contribution is 2.20. The summed E-state index contributed by atoms with van der Waals surface area (Å²) in [4.78, 5) is 12.2. The van der Waals surface area contributed by atoms with Crippen molar-refractivity contribution < 1.29 is 9.53 Å². The highest BCUT2D eigenvalue weighted by molar-refractivity contribution is 9.10. The van der Waals surface area contributed by atoms with Crippen LogP contribution in [0.4, 0.5) is 5.69 Å². The molecule has 110 valence electrons. The van der Waals surface area contributed by atoms with E-state index in [-0.39, 0.29) is 5.91 Å². The Labute approximate surface area is 133 Å². The van der Waals surface area contributed by atoms with Crippen molar-refractivity contribution in [2.45, 2.75) is 26.9 Å². The molecule has 0 radical (unpaired) electrons. The molecule has 4 heteroatoms. The van der Waals surface area contributed by atoms with Gasteiger partial charge in [-0.3, -0.25) is 4.79 Å². The van der Waals surface area contributed by atoms with Crippen LogP contribution in [0.1, 0.15) is 18.1 Å². The molecule has 0 spiro atoms. The summed E-state index contributed by atoms with van der Waals surface area (Å²) in [7, 11) is 0. The van der Waals surface area contributed by atoms with E-state index in [1.807, 2.05) is 56.3 Å². The van der Waals surface area contributed by atoms with Gasteiger partial charge in [0.15, 0.2) is 6.10 Å². The largest absolute Gasteiger partial charge is 0.481 e. The molecule has 0 bridgehead atoms. The quantitative estimate of drug-likeness (QED) is 0.885. The predicted octanol–water partition coefficient (Wildman–Crippen LogP) is 4.47. The molecule has 3 nitrogen and oxygen atoms in total. The van der Waals surface area contributed by atoms with Crippen molar-refractivity contribution >= 4 is 27.5 Å². The van der Waals surface area contributed by atoms with Gasteiger partial charge in [0.2, 0.25) is 0 Å². The number of carbonyl (C=O) groups is 1. The summed E-state index contributed by atoms with van der Waals surface area (Å²) in [5.41, 5.74) is 3.03. The van der Waals surface area contributed by atoms with Crippen molar-refractivity contribution in [1.82, 2.24) is 0 Å². The molecule has 2 aromatic carbocycles. The van der Waals surface area contributed by atoms with E-state index in [0.29, 0.717) is 5.75 Å². The van der Waals surface area contributed by atoms with Gasteiger partial charge in [0.1, 0.15) is 5.75 Å². The average molecular weight is 348 g/mol. The zero-order valence-electron chi connectivity index (χ0n) is 12.3. The smallest absolute Gasteiger partial charge is 0.265 e. The molecule has 0 heterocycles. The summed E-state index contributed by atoms with van der Waals surface area (Å²) < 4.78 is 6.57. The summed E-state index contributed by atoms with van der Waals surface area (Å²) >= 11 is 3.38. The van der Waals surface area contributed by atoms with Crippen molar-refractivity contribution in [2.24, 2.45) is 0 Å². The maximum absolute atomic E-state index is 12.2. The highest BCUT2D eigenvalue weighted by Gasteiger charge is 2.15. The van der Waals surface area contributed by atoms with Crippen LogP contribution in [0.3, 0.4) is 0 Å². The van der Waals surface area contributed by atoms with E-state index in [9.17, 15) is 4.79 Å². The molecule has 0 aliphatic heterocycles. The Morgan fingerprint density at radius 3 is 2.62 bits per heavy atom. The van der Waals surface area contributed by atoms with Gasteiger partial charge in [-0.1, -0.05) is 39.7 Å². The van der Waals surface area contributed by atoms with E-state index in [1.54, 1.807) is 6.92 Å². The molecule has 0 saturated carbocycles. The molecule has 21 heavy (non-hydrogen) atoms. The van der Waals surface area contributed by atoms with Crippen LogP contribution in [0, 0.1) is 13.8 Å². The molecule has 1 unspecified atom stereocenters. The number of rotatable bonds is 4. The Morgan fingerprint density at radius 1 is 1.19 bits per heavy atom. The van der Waals surface area contributed by atoms with Gasteiger partial charge < -0.3 is 10.1 Å². The molecule has 2 aromatic rings. The van der Waals surface area contributed by atoms with Crippen molar-refractivity contribution in [3.05, 3.63) is 58.1 Å². The van der Waals surface area contributed by atoms with E-state index in [4.69, 9.17) is 4.74 Å². The first kappa shape index (κ1) is 15.6. The number of anilines is 1. The minimum Gasteiger partial charge on any atom is -0.481 e. The molecule has 0 aliphatic carbocycles. The first-order chi connectivity index (χ1) is 9.95. The number of amides is 1. The molecule has 2 rings (SSSR count).